The van der Waals surface area contributed by atoms with Crippen LogP contribution < -0.4 is 24.8 Å². The molecule has 3 aromatic rings. The predicted molar refractivity (Wildman–Crippen MR) is 163 cm³/mol. The van der Waals surface area contributed by atoms with Crippen LogP contribution in [0.15, 0.2) is 23.6 Å². The lowest BCUT2D eigenvalue weighted by atomic mass is 9.86. The molecule has 0 saturated carbocycles. The molecule has 0 atom stereocenters. The van der Waals surface area contributed by atoms with Crippen LogP contribution in [-0.2, 0) is 10.2 Å². The average Bonchev–Trinajstić information content (AvgIpc) is 3.37. The van der Waals surface area contributed by atoms with Crippen molar-refractivity contribution in [3.63, 3.8) is 0 Å². The quantitative estimate of drug-likeness (QED) is 0.290. The van der Waals surface area contributed by atoms with Crippen molar-refractivity contribution in [1.29, 1.82) is 0 Å². The van der Waals surface area contributed by atoms with Gasteiger partial charge in [0.05, 0.1) is 14.2 Å². The summed E-state index contributed by atoms with van der Waals surface area (Å²) in [6, 6.07) is 6.08. The number of methoxy groups -OCH3 is 2. The molecule has 0 saturated heterocycles. The van der Waals surface area contributed by atoms with E-state index in [9.17, 15) is 9.59 Å². The third-order valence-corrected chi connectivity index (χ3v) is 6.59. The summed E-state index contributed by atoms with van der Waals surface area (Å²) in [6.45, 7) is 14.4. The van der Waals surface area contributed by atoms with Crippen molar-refractivity contribution in [3.05, 3.63) is 40.4 Å². The molecule has 0 fully saturated rings. The van der Waals surface area contributed by atoms with Crippen LogP contribution in [0.2, 0.25) is 0 Å². The fourth-order valence-electron chi connectivity index (χ4n) is 3.53. The first-order chi connectivity index (χ1) is 19.6. The maximum atomic E-state index is 13.1. The van der Waals surface area contributed by atoms with E-state index in [0.717, 1.165) is 11.1 Å². The van der Waals surface area contributed by atoms with Gasteiger partial charge in [0.1, 0.15) is 17.0 Å². The third kappa shape index (κ3) is 8.68. The molecule has 0 unspecified atom stereocenters. The molecule has 0 bridgehead atoms. The second-order valence-corrected chi connectivity index (χ2v) is 12.4. The number of ether oxygens (including phenoxy) is 4. The van der Waals surface area contributed by atoms with Gasteiger partial charge in [-0.15, -0.1) is 0 Å². The fraction of sp³-hybridized carbons (Fsp3) is 0.483. The Hall–Kier alpha value is -4.13. The monoisotopic (exact) mass is 600 g/mol. The maximum Gasteiger partial charge on any atom is 0.410 e. The van der Waals surface area contributed by atoms with Crippen molar-refractivity contribution in [2.24, 2.45) is 0 Å². The zero-order valence-corrected chi connectivity index (χ0v) is 26.7. The number of benzene rings is 1. The predicted octanol–water partition coefficient (Wildman–Crippen LogP) is 5.88. The summed E-state index contributed by atoms with van der Waals surface area (Å²) in [4.78, 5) is 39.7. The minimum atomic E-state index is -0.590. The van der Waals surface area contributed by atoms with Crippen molar-refractivity contribution >= 4 is 35.0 Å². The summed E-state index contributed by atoms with van der Waals surface area (Å²) in [5.41, 5.74) is 1.75. The van der Waals surface area contributed by atoms with Gasteiger partial charge in [-0.1, -0.05) is 44.2 Å². The molecule has 0 aliphatic carbocycles. The Morgan fingerprint density at radius 2 is 1.64 bits per heavy atom. The average molecular weight is 601 g/mol. The van der Waals surface area contributed by atoms with Crippen LogP contribution in [0.3, 0.4) is 0 Å². The number of carbonyl (C=O) groups excluding carboxylic acids is 2. The highest BCUT2D eigenvalue weighted by Gasteiger charge is 2.23. The molecule has 0 aliphatic heterocycles. The molecule has 2 aromatic heterocycles. The zero-order valence-electron chi connectivity index (χ0n) is 25.9. The Morgan fingerprint density at radius 3 is 2.21 bits per heavy atom. The van der Waals surface area contributed by atoms with Crippen LogP contribution in [0, 0.1) is 6.92 Å². The van der Waals surface area contributed by atoms with Crippen LogP contribution in [0.1, 0.15) is 63.2 Å². The highest BCUT2D eigenvalue weighted by Crippen LogP contribution is 2.35. The third-order valence-electron chi connectivity index (χ3n) is 5.87. The molecule has 13 heteroatoms. The first kappa shape index (κ1) is 32.4. The number of hydrogen-bond acceptors (Lipinski definition) is 11. The van der Waals surface area contributed by atoms with E-state index in [1.807, 2.05) is 19.1 Å². The van der Waals surface area contributed by atoms with E-state index in [-0.39, 0.29) is 34.5 Å². The van der Waals surface area contributed by atoms with Crippen LogP contribution >= 0.6 is 11.3 Å². The number of likely N-dealkylation sites (N-methyl/N-ethyl adjacent to an activating group) is 1. The lowest BCUT2D eigenvalue weighted by Gasteiger charge is -2.24. The van der Waals surface area contributed by atoms with Crippen LogP contribution in [0.4, 0.5) is 16.4 Å². The van der Waals surface area contributed by atoms with E-state index >= 15 is 0 Å². The number of aromatic nitrogens is 3. The van der Waals surface area contributed by atoms with Gasteiger partial charge in [-0.3, -0.25) is 4.79 Å². The second-order valence-electron chi connectivity index (χ2n) is 11.6. The summed E-state index contributed by atoms with van der Waals surface area (Å²) >= 11 is 1.21. The summed E-state index contributed by atoms with van der Waals surface area (Å²) in [6.07, 6.45) is -0.442. The van der Waals surface area contributed by atoms with Gasteiger partial charge in [0.15, 0.2) is 5.69 Å². The van der Waals surface area contributed by atoms with Gasteiger partial charge in [0.2, 0.25) is 17.7 Å². The molecule has 0 spiro atoms. The van der Waals surface area contributed by atoms with Gasteiger partial charge in [0.25, 0.3) is 11.1 Å². The molecule has 2 amide bonds. The number of rotatable bonds is 10. The number of nitrogens with zero attached hydrogens (tertiary/aromatic N) is 4. The second kappa shape index (κ2) is 13.2. The summed E-state index contributed by atoms with van der Waals surface area (Å²) < 4.78 is 22.2. The Morgan fingerprint density at radius 1 is 1.00 bits per heavy atom. The lowest BCUT2D eigenvalue weighted by Crippen LogP contribution is -2.36. The van der Waals surface area contributed by atoms with Gasteiger partial charge < -0.3 is 34.5 Å². The largest absolute Gasteiger partial charge is 0.479 e. The van der Waals surface area contributed by atoms with Gasteiger partial charge in [-0.05, 0) is 50.3 Å². The fourth-order valence-corrected chi connectivity index (χ4v) is 4.19. The number of thiazole rings is 1. The molecule has 228 valence electrons. The number of hydrogen-bond donors (Lipinski definition) is 2. The molecule has 0 radical (unpaired) electrons. The molecule has 2 N–H and O–H groups in total. The van der Waals surface area contributed by atoms with Crippen molar-refractivity contribution in [2.45, 2.75) is 59.5 Å². The minimum Gasteiger partial charge on any atom is -0.479 e. The van der Waals surface area contributed by atoms with Crippen molar-refractivity contribution in [1.82, 2.24) is 19.9 Å². The number of anilines is 2. The van der Waals surface area contributed by atoms with E-state index in [0.29, 0.717) is 24.0 Å². The Balaban J connectivity index is 1.70. The normalized spacial score (nSPS) is 11.5. The molecule has 0 aliphatic rings. The zero-order chi connectivity index (χ0) is 31.2. The maximum absolute atomic E-state index is 13.1. The molecule has 2 heterocycles. The number of aryl methyl sites for hydroxylation is 1. The van der Waals surface area contributed by atoms with E-state index in [1.165, 1.54) is 30.5 Å². The highest BCUT2D eigenvalue weighted by molar-refractivity contribution is 7.11. The standard InChI is InChI=1S/C29H40N6O6S/c1-17-11-12-18(28(2,3)4)15-20(17)40-26-31-19(16-42-26)22(36)32-21-23(38-9)33-25(34-24(21)39-10)30-13-14-35(8)27(37)41-29(5,6)7/h11-12,15-16H,13-14H2,1-10H3,(H,32,36)(H,30,33,34). The van der Waals surface area contributed by atoms with E-state index < -0.39 is 17.6 Å². The van der Waals surface area contributed by atoms with Crippen molar-refractivity contribution < 1.29 is 28.5 Å². The first-order valence-corrected chi connectivity index (χ1v) is 14.2. The van der Waals surface area contributed by atoms with Gasteiger partial charge in [-0.25, -0.2) is 4.79 Å². The molecule has 42 heavy (non-hydrogen) atoms. The molecular weight excluding hydrogens is 560 g/mol. The topological polar surface area (TPSA) is 137 Å². The van der Waals surface area contributed by atoms with E-state index in [1.54, 1.807) is 33.2 Å². The Labute approximate surface area is 250 Å². The minimum absolute atomic E-state index is 0.0403. The lowest BCUT2D eigenvalue weighted by molar-refractivity contribution is 0.0305. The Kier molecular flexibility index (Phi) is 10.2. The number of amides is 2. The van der Waals surface area contributed by atoms with Gasteiger partial charge in [-0.2, -0.15) is 15.0 Å². The van der Waals surface area contributed by atoms with Crippen LogP contribution in [0.5, 0.6) is 22.7 Å². The molecule has 3 rings (SSSR count). The molecule has 1 aromatic carbocycles. The summed E-state index contributed by atoms with van der Waals surface area (Å²) in [5.74, 6) is 0.525. The van der Waals surface area contributed by atoms with Gasteiger partial charge >= 0.3 is 6.09 Å². The van der Waals surface area contributed by atoms with Crippen molar-refractivity contribution in [2.75, 3.05) is 45.0 Å². The van der Waals surface area contributed by atoms with E-state index in [4.69, 9.17) is 18.9 Å². The first-order valence-electron chi connectivity index (χ1n) is 13.3. The van der Waals surface area contributed by atoms with Gasteiger partial charge in [0, 0.05) is 25.5 Å². The van der Waals surface area contributed by atoms with Crippen LogP contribution in [-0.4, -0.2) is 71.8 Å². The Bertz CT molecular complexity index is 1390. The smallest absolute Gasteiger partial charge is 0.410 e. The van der Waals surface area contributed by atoms with E-state index in [2.05, 4.69) is 52.4 Å². The summed E-state index contributed by atoms with van der Waals surface area (Å²) in [7, 11) is 4.47. The molecular formula is C29H40N6O6S. The number of nitrogens with one attached hydrogen (secondary N) is 2. The summed E-state index contributed by atoms with van der Waals surface area (Å²) in [5, 5.41) is 7.69. The molecule has 12 nitrogen and oxygen atoms in total. The highest BCUT2D eigenvalue weighted by atomic mass is 32.1. The SMILES string of the molecule is COc1nc(NCCN(C)C(=O)OC(C)(C)C)nc(OC)c1NC(=O)c1csc(Oc2cc(C(C)(C)C)ccc2C)n1. The number of carbonyl (C=O) groups is 2. The van der Waals surface area contributed by atoms with Crippen LogP contribution in [0.25, 0.3) is 0 Å². The van der Waals surface area contributed by atoms with Crippen molar-refractivity contribution in [3.8, 4) is 22.7 Å².